The van der Waals surface area contributed by atoms with Gasteiger partial charge in [0.05, 0.1) is 30.7 Å². The van der Waals surface area contributed by atoms with Crippen molar-refractivity contribution in [2.24, 2.45) is 4.99 Å². The average molecular weight is 462 g/mol. The summed E-state index contributed by atoms with van der Waals surface area (Å²) in [6.45, 7) is 1.80. The third kappa shape index (κ3) is 4.05. The van der Waals surface area contributed by atoms with Gasteiger partial charge in [-0.2, -0.15) is 0 Å². The average Bonchev–Trinajstić information content (AvgIpc) is 3.18. The Balaban J connectivity index is 0.00000259. The highest BCUT2D eigenvalue weighted by molar-refractivity contribution is 6.16. The van der Waals surface area contributed by atoms with Gasteiger partial charge in [-0.3, -0.25) is 9.79 Å². The lowest BCUT2D eigenvalue weighted by Crippen LogP contribution is -2.10. The number of Topliss-reactive ketones (excluding diaryl/α,β-unsaturated/α-hetero) is 1. The first kappa shape index (κ1) is 22.4. The van der Waals surface area contributed by atoms with Crippen LogP contribution in [0.3, 0.4) is 0 Å². The minimum Gasteiger partial charge on any atom is -0.497 e. The molecule has 0 N–H and O–H groups in total. The summed E-state index contributed by atoms with van der Waals surface area (Å²) < 4.78 is 21.9. The Hall–Kier alpha value is -3.77. The van der Waals surface area contributed by atoms with Gasteiger partial charge in [-0.25, -0.2) is 9.37 Å². The quantitative estimate of drug-likeness (QED) is 0.368. The van der Waals surface area contributed by atoms with Crippen molar-refractivity contribution in [1.82, 2.24) is 9.55 Å². The highest BCUT2D eigenvalue weighted by atomic mass is 35.5. The summed E-state index contributed by atoms with van der Waals surface area (Å²) in [4.78, 5) is 21.6. The maximum Gasteiger partial charge on any atom is 0.159 e. The fourth-order valence-corrected chi connectivity index (χ4v) is 3.91. The van der Waals surface area contributed by atoms with Crippen molar-refractivity contribution in [2.45, 2.75) is 13.5 Å². The van der Waals surface area contributed by atoms with Crippen molar-refractivity contribution in [3.8, 4) is 22.7 Å². The van der Waals surface area contributed by atoms with Gasteiger partial charge in [-0.15, -0.1) is 12.4 Å². The predicted molar refractivity (Wildman–Crippen MR) is 129 cm³/mol. The molecule has 0 fully saturated rings. The van der Waals surface area contributed by atoms with Crippen molar-refractivity contribution in [1.29, 1.82) is 0 Å². The summed E-state index contributed by atoms with van der Waals surface area (Å²) in [5, 5.41) is 0. The van der Waals surface area contributed by atoms with E-state index in [1.165, 1.54) is 13.0 Å². The van der Waals surface area contributed by atoms with E-state index in [1.54, 1.807) is 37.4 Å². The topological polar surface area (TPSA) is 56.5 Å². The van der Waals surface area contributed by atoms with Crippen molar-refractivity contribution < 1.29 is 13.9 Å². The number of benzene rings is 3. The van der Waals surface area contributed by atoms with Gasteiger partial charge in [0, 0.05) is 28.5 Å². The van der Waals surface area contributed by atoms with E-state index in [0.717, 1.165) is 28.5 Å². The van der Waals surface area contributed by atoms with Crippen molar-refractivity contribution in [3.05, 3.63) is 101 Å². The number of aliphatic imine (C=N–C) groups is 1. The van der Waals surface area contributed by atoms with Gasteiger partial charge in [-0.1, -0.05) is 12.1 Å². The second-order valence-corrected chi connectivity index (χ2v) is 7.57. The van der Waals surface area contributed by atoms with Gasteiger partial charge in [0.25, 0.3) is 0 Å². The van der Waals surface area contributed by atoms with Crippen LogP contribution in [-0.4, -0.2) is 28.2 Å². The number of fused-ring (bicyclic) bond motifs is 3. The van der Waals surface area contributed by atoms with E-state index >= 15 is 0 Å². The van der Waals surface area contributed by atoms with Crippen LogP contribution in [0.1, 0.15) is 34.2 Å². The third-order valence-electron chi connectivity index (χ3n) is 5.59. The minimum atomic E-state index is -0.358. The summed E-state index contributed by atoms with van der Waals surface area (Å²) in [7, 11) is 1.63. The minimum absolute atomic E-state index is 0. The second kappa shape index (κ2) is 9.00. The van der Waals surface area contributed by atoms with E-state index in [-0.39, 0.29) is 30.6 Å². The molecule has 1 aliphatic rings. The summed E-state index contributed by atoms with van der Waals surface area (Å²) in [6, 6.07) is 19.7. The van der Waals surface area contributed by atoms with Crippen LogP contribution in [-0.2, 0) is 6.54 Å². The Bertz CT molecular complexity index is 1380. The van der Waals surface area contributed by atoms with E-state index < -0.39 is 0 Å². The van der Waals surface area contributed by atoms with Gasteiger partial charge < -0.3 is 9.30 Å². The maximum atomic E-state index is 14.7. The van der Waals surface area contributed by atoms with Crippen molar-refractivity contribution in [2.75, 3.05) is 7.11 Å². The maximum absolute atomic E-state index is 14.7. The molecular weight excluding hydrogens is 441 g/mol. The molecule has 166 valence electrons. The normalized spacial score (nSPS) is 12.0. The van der Waals surface area contributed by atoms with E-state index in [9.17, 15) is 9.18 Å². The highest BCUT2D eigenvalue weighted by Gasteiger charge is 2.23. The summed E-state index contributed by atoms with van der Waals surface area (Å²) >= 11 is 0. The van der Waals surface area contributed by atoms with Crippen LogP contribution in [0.4, 0.5) is 4.39 Å². The molecule has 7 heteroatoms. The zero-order valence-electron chi connectivity index (χ0n) is 18.1. The Morgan fingerprint density at radius 1 is 1.03 bits per heavy atom. The second-order valence-electron chi connectivity index (χ2n) is 7.57. The molecule has 0 bridgehead atoms. The number of hydrogen-bond donors (Lipinski definition) is 0. The number of aromatic nitrogens is 2. The molecule has 1 aliphatic heterocycles. The van der Waals surface area contributed by atoms with Gasteiger partial charge in [0.1, 0.15) is 17.4 Å². The molecule has 2 heterocycles. The fraction of sp³-hybridized carbons (Fsp3) is 0.115. The highest BCUT2D eigenvalue weighted by Crippen LogP contribution is 2.30. The Labute approximate surface area is 197 Å². The first-order valence-electron chi connectivity index (χ1n) is 10.2. The molecule has 0 amide bonds. The third-order valence-corrected chi connectivity index (χ3v) is 5.59. The number of nitrogens with zero attached hydrogens (tertiary/aromatic N) is 3. The SMILES string of the molecule is COc1ccc(-c2cn3c(n2)CN=C(c2ccccc2F)c2cc(C(C)=O)ccc2-3)cc1.Cl. The van der Waals surface area contributed by atoms with Crippen LogP contribution in [0.25, 0.3) is 16.9 Å². The van der Waals surface area contributed by atoms with Crippen LogP contribution in [0.15, 0.2) is 77.9 Å². The number of hydrogen-bond acceptors (Lipinski definition) is 4. The molecule has 0 aliphatic carbocycles. The lowest BCUT2D eigenvalue weighted by atomic mass is 9.97. The number of ether oxygens (including phenoxy) is 1. The Morgan fingerprint density at radius 3 is 2.48 bits per heavy atom. The van der Waals surface area contributed by atoms with E-state index in [4.69, 9.17) is 14.7 Å². The Kier molecular flexibility index (Phi) is 6.11. The Morgan fingerprint density at radius 2 is 1.79 bits per heavy atom. The molecule has 0 saturated heterocycles. The summed E-state index contributed by atoms with van der Waals surface area (Å²) in [5.74, 6) is 1.09. The molecule has 4 aromatic rings. The molecule has 0 spiro atoms. The number of methoxy groups -OCH3 is 1. The largest absolute Gasteiger partial charge is 0.497 e. The summed E-state index contributed by atoms with van der Waals surface area (Å²) in [5.41, 5.74) is 4.71. The lowest BCUT2D eigenvalue weighted by Gasteiger charge is -2.13. The first-order chi connectivity index (χ1) is 15.5. The summed E-state index contributed by atoms with van der Waals surface area (Å²) in [6.07, 6.45) is 1.95. The fourth-order valence-electron chi connectivity index (χ4n) is 3.91. The predicted octanol–water partition coefficient (Wildman–Crippen LogP) is 5.66. The molecule has 1 aromatic heterocycles. The molecular formula is C26H21ClFN3O2. The first-order valence-corrected chi connectivity index (χ1v) is 10.2. The zero-order chi connectivity index (χ0) is 22.2. The molecule has 33 heavy (non-hydrogen) atoms. The monoisotopic (exact) mass is 461 g/mol. The number of carbonyl (C=O) groups is 1. The van der Waals surface area contributed by atoms with Gasteiger partial charge in [0.15, 0.2) is 5.78 Å². The van der Waals surface area contributed by atoms with E-state index in [0.29, 0.717) is 22.4 Å². The lowest BCUT2D eigenvalue weighted by molar-refractivity contribution is 0.101. The number of imidazole rings is 1. The number of halogens is 2. The van der Waals surface area contributed by atoms with Crippen LogP contribution < -0.4 is 4.74 Å². The number of rotatable bonds is 4. The molecule has 0 saturated carbocycles. The molecule has 0 atom stereocenters. The van der Waals surface area contributed by atoms with E-state index in [1.807, 2.05) is 41.1 Å². The van der Waals surface area contributed by atoms with Crippen LogP contribution in [0.5, 0.6) is 5.75 Å². The van der Waals surface area contributed by atoms with Crippen LogP contribution in [0.2, 0.25) is 0 Å². The molecule has 3 aromatic carbocycles. The van der Waals surface area contributed by atoms with Crippen molar-refractivity contribution in [3.63, 3.8) is 0 Å². The molecule has 5 nitrogen and oxygen atoms in total. The van der Waals surface area contributed by atoms with E-state index in [2.05, 4.69) is 0 Å². The zero-order valence-corrected chi connectivity index (χ0v) is 18.9. The smallest absolute Gasteiger partial charge is 0.159 e. The molecule has 0 unspecified atom stereocenters. The van der Waals surface area contributed by atoms with Crippen molar-refractivity contribution >= 4 is 23.9 Å². The van der Waals surface area contributed by atoms with Gasteiger partial charge in [-0.05, 0) is 61.5 Å². The number of ketones is 1. The van der Waals surface area contributed by atoms with Crippen LogP contribution in [0, 0.1) is 5.82 Å². The standard InChI is InChI=1S/C26H20FN3O2.ClH/c1-16(31)18-9-12-24-21(13-18)26(20-5-3-4-6-22(20)27)28-14-25-29-23(15-30(24)25)17-7-10-19(32-2)11-8-17;/h3-13,15H,14H2,1-2H3;1H. The van der Waals surface area contributed by atoms with Gasteiger partial charge >= 0.3 is 0 Å². The van der Waals surface area contributed by atoms with Crippen LogP contribution >= 0.6 is 12.4 Å². The molecule has 5 rings (SSSR count). The molecule has 0 radical (unpaired) electrons. The van der Waals surface area contributed by atoms with Gasteiger partial charge in [0.2, 0.25) is 0 Å². The number of carbonyl (C=O) groups excluding carboxylic acids is 1.